The molecular weight excluding hydrogens is 344 g/mol. The maximum Gasteiger partial charge on any atom is 0.573 e. The summed E-state index contributed by atoms with van der Waals surface area (Å²) in [6, 6.07) is 7.37. The first-order chi connectivity index (χ1) is 10.2. The summed E-state index contributed by atoms with van der Waals surface area (Å²) in [7, 11) is 0. The fourth-order valence-electron chi connectivity index (χ4n) is 1.79. The molecule has 0 aliphatic heterocycles. The Hall–Kier alpha value is -1.92. The van der Waals surface area contributed by atoms with E-state index in [1.807, 2.05) is 0 Å². The minimum atomic E-state index is -4.94. The summed E-state index contributed by atoms with van der Waals surface area (Å²) in [6.07, 6.45) is -4.94. The van der Waals surface area contributed by atoms with Crippen LogP contribution in [0.25, 0.3) is 11.1 Å². The number of carboxylic acid groups (broad SMARTS) is 1. The van der Waals surface area contributed by atoms with E-state index >= 15 is 0 Å². The monoisotopic (exact) mass is 350 g/mol. The Kier molecular flexibility index (Phi) is 4.53. The van der Waals surface area contributed by atoms with Gasteiger partial charge < -0.3 is 9.84 Å². The molecule has 0 spiro atoms. The molecule has 3 nitrogen and oxygen atoms in total. The lowest BCUT2D eigenvalue weighted by atomic mass is 10.0. The predicted octanol–water partition coefficient (Wildman–Crippen LogP) is 5.26. The summed E-state index contributed by atoms with van der Waals surface area (Å²) in [6.45, 7) is 0. The Bertz CT molecular complexity index is 730. The lowest BCUT2D eigenvalue weighted by Gasteiger charge is -2.12. The van der Waals surface area contributed by atoms with Crippen LogP contribution >= 0.6 is 23.2 Å². The van der Waals surface area contributed by atoms with Crippen LogP contribution in [-0.4, -0.2) is 17.4 Å². The molecule has 2 rings (SSSR count). The molecule has 0 aromatic heterocycles. The highest BCUT2D eigenvalue weighted by atomic mass is 35.5. The third-order valence-corrected chi connectivity index (χ3v) is 3.19. The van der Waals surface area contributed by atoms with E-state index in [1.165, 1.54) is 24.3 Å². The summed E-state index contributed by atoms with van der Waals surface area (Å²) in [5.74, 6) is -2.05. The summed E-state index contributed by atoms with van der Waals surface area (Å²) >= 11 is 11.8. The van der Waals surface area contributed by atoms with Crippen LogP contribution in [0.3, 0.4) is 0 Å². The number of halogens is 5. The number of benzene rings is 2. The van der Waals surface area contributed by atoms with Crippen LogP contribution in [0, 0.1) is 0 Å². The van der Waals surface area contributed by atoms with Gasteiger partial charge in [0.15, 0.2) is 0 Å². The highest BCUT2D eigenvalue weighted by Crippen LogP contribution is 2.34. The van der Waals surface area contributed by atoms with Gasteiger partial charge in [0.05, 0.1) is 5.56 Å². The standard InChI is InChI=1S/C14H7Cl2F3O3/c15-9-1-2-12(16)11(6-9)7-3-8(13(20)21)5-10(4-7)22-14(17,18)19/h1-6H,(H,20,21). The van der Waals surface area contributed by atoms with Crippen LogP contribution in [0.5, 0.6) is 5.75 Å². The molecule has 1 N–H and O–H groups in total. The van der Waals surface area contributed by atoms with E-state index in [1.54, 1.807) is 0 Å². The average molecular weight is 351 g/mol. The fraction of sp³-hybridized carbons (Fsp3) is 0.0714. The molecule has 2 aromatic rings. The summed E-state index contributed by atoms with van der Waals surface area (Å²) in [5, 5.41) is 9.52. The molecule has 116 valence electrons. The van der Waals surface area contributed by atoms with E-state index < -0.39 is 18.1 Å². The third-order valence-electron chi connectivity index (χ3n) is 2.63. The second-order valence-electron chi connectivity index (χ2n) is 4.22. The van der Waals surface area contributed by atoms with Crippen LogP contribution in [0.4, 0.5) is 13.2 Å². The quantitative estimate of drug-likeness (QED) is 0.821. The van der Waals surface area contributed by atoms with Crippen LogP contribution in [-0.2, 0) is 0 Å². The molecule has 0 atom stereocenters. The number of aromatic carboxylic acids is 1. The molecule has 0 heterocycles. The number of carboxylic acids is 1. The van der Waals surface area contributed by atoms with E-state index in [-0.39, 0.29) is 16.1 Å². The minimum Gasteiger partial charge on any atom is -0.478 e. The topological polar surface area (TPSA) is 46.5 Å². The number of carbonyl (C=O) groups is 1. The van der Waals surface area contributed by atoms with Crippen molar-refractivity contribution in [2.24, 2.45) is 0 Å². The second-order valence-corrected chi connectivity index (χ2v) is 5.07. The Labute approximate surface area is 132 Å². The van der Waals surface area contributed by atoms with Crippen molar-refractivity contribution in [1.29, 1.82) is 0 Å². The maximum absolute atomic E-state index is 12.3. The van der Waals surface area contributed by atoms with Crippen LogP contribution < -0.4 is 4.74 Å². The first-order valence-electron chi connectivity index (χ1n) is 5.75. The smallest absolute Gasteiger partial charge is 0.478 e. The highest BCUT2D eigenvalue weighted by Gasteiger charge is 2.31. The van der Waals surface area contributed by atoms with Gasteiger partial charge in [0.2, 0.25) is 0 Å². The molecule has 0 aliphatic rings. The van der Waals surface area contributed by atoms with E-state index in [4.69, 9.17) is 28.3 Å². The number of hydrogen-bond donors (Lipinski definition) is 1. The molecule has 0 saturated carbocycles. The Balaban J connectivity index is 2.59. The lowest BCUT2D eigenvalue weighted by molar-refractivity contribution is -0.274. The molecule has 0 radical (unpaired) electrons. The molecule has 2 aromatic carbocycles. The highest BCUT2D eigenvalue weighted by molar-refractivity contribution is 6.35. The van der Waals surface area contributed by atoms with Gasteiger partial charge in [0.1, 0.15) is 5.75 Å². The van der Waals surface area contributed by atoms with E-state index in [0.717, 1.165) is 12.1 Å². The molecule has 0 saturated heterocycles. The molecule has 0 bridgehead atoms. The molecular formula is C14H7Cl2F3O3. The van der Waals surface area contributed by atoms with E-state index in [0.29, 0.717) is 10.6 Å². The SMILES string of the molecule is O=C(O)c1cc(OC(F)(F)F)cc(-c2cc(Cl)ccc2Cl)c1. The van der Waals surface area contributed by atoms with Gasteiger partial charge in [0.25, 0.3) is 0 Å². The van der Waals surface area contributed by atoms with Crippen molar-refractivity contribution in [3.05, 3.63) is 52.0 Å². The maximum atomic E-state index is 12.3. The van der Waals surface area contributed by atoms with Crippen molar-refractivity contribution in [2.45, 2.75) is 6.36 Å². The normalized spacial score (nSPS) is 11.3. The Morgan fingerprint density at radius 1 is 1.09 bits per heavy atom. The van der Waals surface area contributed by atoms with Crippen molar-refractivity contribution >= 4 is 29.2 Å². The summed E-state index contributed by atoms with van der Waals surface area (Å²) < 4.78 is 40.8. The van der Waals surface area contributed by atoms with Gasteiger partial charge in [0, 0.05) is 15.6 Å². The van der Waals surface area contributed by atoms with Gasteiger partial charge in [-0.3, -0.25) is 0 Å². The molecule has 8 heteroatoms. The first kappa shape index (κ1) is 16.5. The summed E-state index contributed by atoms with van der Waals surface area (Å²) in [4.78, 5) is 11.1. The van der Waals surface area contributed by atoms with Gasteiger partial charge in [-0.05, 0) is 42.0 Å². The van der Waals surface area contributed by atoms with Crippen molar-refractivity contribution in [3.8, 4) is 16.9 Å². The van der Waals surface area contributed by atoms with E-state index in [2.05, 4.69) is 4.74 Å². The summed E-state index contributed by atoms with van der Waals surface area (Å²) in [5.41, 5.74) is 0.0729. The van der Waals surface area contributed by atoms with Gasteiger partial charge in [-0.1, -0.05) is 23.2 Å². The van der Waals surface area contributed by atoms with Gasteiger partial charge in [-0.2, -0.15) is 0 Å². The van der Waals surface area contributed by atoms with Gasteiger partial charge >= 0.3 is 12.3 Å². The first-order valence-corrected chi connectivity index (χ1v) is 6.51. The zero-order valence-electron chi connectivity index (χ0n) is 10.6. The van der Waals surface area contributed by atoms with Crippen molar-refractivity contribution in [3.63, 3.8) is 0 Å². The lowest BCUT2D eigenvalue weighted by Crippen LogP contribution is -2.17. The van der Waals surface area contributed by atoms with Gasteiger partial charge in [-0.15, -0.1) is 13.2 Å². The molecule has 22 heavy (non-hydrogen) atoms. The van der Waals surface area contributed by atoms with Crippen LogP contribution in [0.15, 0.2) is 36.4 Å². The molecule has 0 fully saturated rings. The number of alkyl halides is 3. The molecule has 0 unspecified atom stereocenters. The van der Waals surface area contributed by atoms with Gasteiger partial charge in [-0.25, -0.2) is 4.79 Å². The largest absolute Gasteiger partial charge is 0.573 e. The van der Waals surface area contributed by atoms with E-state index in [9.17, 15) is 18.0 Å². The molecule has 0 amide bonds. The zero-order valence-corrected chi connectivity index (χ0v) is 12.1. The van der Waals surface area contributed by atoms with Crippen LogP contribution in [0.1, 0.15) is 10.4 Å². The zero-order chi connectivity index (χ0) is 16.5. The third kappa shape index (κ3) is 4.05. The Morgan fingerprint density at radius 3 is 2.36 bits per heavy atom. The molecule has 0 aliphatic carbocycles. The van der Waals surface area contributed by atoms with Crippen molar-refractivity contribution in [2.75, 3.05) is 0 Å². The van der Waals surface area contributed by atoms with Crippen molar-refractivity contribution in [1.82, 2.24) is 0 Å². The van der Waals surface area contributed by atoms with Crippen LogP contribution in [0.2, 0.25) is 10.0 Å². The fourth-order valence-corrected chi connectivity index (χ4v) is 2.19. The Morgan fingerprint density at radius 2 is 1.77 bits per heavy atom. The second kappa shape index (κ2) is 6.06. The minimum absolute atomic E-state index is 0.145. The number of hydrogen-bond acceptors (Lipinski definition) is 2. The average Bonchev–Trinajstić information content (AvgIpc) is 2.39. The van der Waals surface area contributed by atoms with Crippen molar-refractivity contribution < 1.29 is 27.8 Å². The predicted molar refractivity (Wildman–Crippen MR) is 75.5 cm³/mol. The number of ether oxygens (including phenoxy) is 1. The number of rotatable bonds is 3.